The summed E-state index contributed by atoms with van der Waals surface area (Å²) >= 11 is 5.83. The molecule has 0 aliphatic heterocycles. The largest absolute Gasteiger partial charge is 0.321 e. The molecule has 0 amide bonds. The summed E-state index contributed by atoms with van der Waals surface area (Å²) in [5, 5.41) is 2.07. The van der Waals surface area contributed by atoms with Gasteiger partial charge in [0.25, 0.3) is 0 Å². The Hall–Kier alpha value is -2.13. The predicted molar refractivity (Wildman–Crippen MR) is 103 cm³/mol. The average molecular weight is 322 g/mol. The van der Waals surface area contributed by atoms with Crippen molar-refractivity contribution in [3.05, 3.63) is 66.4 Å². The molecule has 23 heavy (non-hydrogen) atoms. The van der Waals surface area contributed by atoms with Gasteiger partial charge >= 0.3 is 0 Å². The lowest BCUT2D eigenvalue weighted by molar-refractivity contribution is 0.770. The monoisotopic (exact) mass is 322 g/mol. The zero-order valence-corrected chi connectivity index (χ0v) is 14.5. The Morgan fingerprint density at radius 1 is 1.04 bits per heavy atom. The first-order valence-electron chi connectivity index (χ1n) is 8.15. The molecule has 1 aromatic heterocycles. The van der Waals surface area contributed by atoms with Crippen molar-refractivity contribution in [2.24, 2.45) is 0 Å². The van der Waals surface area contributed by atoms with Crippen LogP contribution in [0.2, 0.25) is 0 Å². The zero-order valence-electron chi connectivity index (χ0n) is 13.7. The molecule has 0 aliphatic carbocycles. The minimum Gasteiger partial charge on any atom is -0.321 e. The number of rotatable bonds is 4. The molecule has 1 heterocycles. The lowest BCUT2D eigenvalue weighted by atomic mass is 10.2. The van der Waals surface area contributed by atoms with Crippen LogP contribution < -0.4 is 4.90 Å². The van der Waals surface area contributed by atoms with Gasteiger partial charge in [0.1, 0.15) is 0 Å². The van der Waals surface area contributed by atoms with Gasteiger partial charge in [-0.05, 0) is 49.3 Å². The second kappa shape index (κ2) is 6.97. The number of benzene rings is 2. The second-order valence-electron chi connectivity index (χ2n) is 5.81. The summed E-state index contributed by atoms with van der Waals surface area (Å²) in [4.78, 5) is 2.08. The van der Waals surface area contributed by atoms with E-state index in [1.54, 1.807) is 0 Å². The fraction of sp³-hybridized carbons (Fsp3) is 0.250. The van der Waals surface area contributed by atoms with Crippen LogP contribution in [0.3, 0.4) is 0 Å². The number of aromatic nitrogens is 1. The standard InChI is InChI=1S/C20H22N2S/c1-3-4-11-18-15-16-10-8-9-14-19(16)22(18)20(23)21(2)17-12-6-5-7-13-17/h5-10,12-15H,3-4,11H2,1-2H3. The molecule has 0 aliphatic rings. The Kier molecular flexibility index (Phi) is 4.77. The molecule has 0 radical (unpaired) electrons. The highest BCUT2D eigenvalue weighted by Gasteiger charge is 2.15. The predicted octanol–water partition coefficient (Wildman–Crippen LogP) is 5.25. The minimum absolute atomic E-state index is 0.823. The van der Waals surface area contributed by atoms with E-state index in [1.807, 2.05) is 25.2 Å². The Labute approximate surface area is 143 Å². The molecule has 0 N–H and O–H groups in total. The number of aryl methyl sites for hydroxylation is 1. The average Bonchev–Trinajstić information content (AvgIpc) is 2.97. The normalized spacial score (nSPS) is 10.9. The summed E-state index contributed by atoms with van der Waals surface area (Å²) < 4.78 is 2.23. The van der Waals surface area contributed by atoms with Gasteiger partial charge in [0.05, 0.1) is 5.52 Å². The fourth-order valence-corrected chi connectivity index (χ4v) is 3.21. The summed E-state index contributed by atoms with van der Waals surface area (Å²) in [5.41, 5.74) is 3.59. The molecule has 0 atom stereocenters. The highest BCUT2D eigenvalue weighted by atomic mass is 32.1. The molecule has 2 nitrogen and oxygen atoms in total. The SMILES string of the molecule is CCCCc1cc2ccccc2n1C(=S)N(C)c1ccccc1. The van der Waals surface area contributed by atoms with Gasteiger partial charge in [0.2, 0.25) is 0 Å². The maximum absolute atomic E-state index is 5.83. The van der Waals surface area contributed by atoms with Crippen LogP contribution in [0.4, 0.5) is 5.69 Å². The van der Waals surface area contributed by atoms with E-state index in [2.05, 4.69) is 58.9 Å². The maximum atomic E-state index is 5.83. The summed E-state index contributed by atoms with van der Waals surface area (Å²) in [6, 6.07) is 21.0. The highest BCUT2D eigenvalue weighted by molar-refractivity contribution is 7.80. The third-order valence-electron chi connectivity index (χ3n) is 4.20. The van der Waals surface area contributed by atoms with Gasteiger partial charge in [0.15, 0.2) is 5.11 Å². The number of fused-ring (bicyclic) bond motifs is 1. The molecular formula is C20H22N2S. The number of nitrogens with zero attached hydrogens (tertiary/aromatic N) is 2. The molecule has 3 aromatic rings. The number of anilines is 1. The lowest BCUT2D eigenvalue weighted by Gasteiger charge is -2.23. The van der Waals surface area contributed by atoms with Crippen molar-refractivity contribution in [3.8, 4) is 0 Å². The quantitative estimate of drug-likeness (QED) is 0.606. The van der Waals surface area contributed by atoms with Crippen LogP contribution in [0.5, 0.6) is 0 Å². The topological polar surface area (TPSA) is 8.17 Å². The van der Waals surface area contributed by atoms with Gasteiger partial charge in [-0.25, -0.2) is 0 Å². The van der Waals surface area contributed by atoms with Crippen molar-refractivity contribution < 1.29 is 0 Å². The fourth-order valence-electron chi connectivity index (χ4n) is 2.89. The van der Waals surface area contributed by atoms with E-state index in [4.69, 9.17) is 12.2 Å². The van der Waals surface area contributed by atoms with Crippen molar-refractivity contribution in [1.29, 1.82) is 0 Å². The summed E-state index contributed by atoms with van der Waals surface area (Å²) in [6.45, 7) is 2.22. The van der Waals surface area contributed by atoms with Crippen molar-refractivity contribution in [1.82, 2.24) is 4.57 Å². The van der Waals surface area contributed by atoms with Crippen LogP contribution in [0.1, 0.15) is 25.5 Å². The summed E-state index contributed by atoms with van der Waals surface area (Å²) in [5.74, 6) is 0. The van der Waals surface area contributed by atoms with E-state index in [0.717, 1.165) is 17.2 Å². The first kappa shape index (κ1) is 15.8. The molecule has 0 unspecified atom stereocenters. The molecular weight excluding hydrogens is 300 g/mol. The molecule has 2 aromatic carbocycles. The van der Waals surface area contributed by atoms with Crippen LogP contribution in [-0.2, 0) is 6.42 Å². The number of hydrogen-bond donors (Lipinski definition) is 0. The van der Waals surface area contributed by atoms with E-state index in [9.17, 15) is 0 Å². The Balaban J connectivity index is 2.04. The van der Waals surface area contributed by atoms with Crippen molar-refractivity contribution in [2.45, 2.75) is 26.2 Å². The molecule has 0 saturated carbocycles. The van der Waals surface area contributed by atoms with Crippen molar-refractivity contribution in [3.63, 3.8) is 0 Å². The van der Waals surface area contributed by atoms with Gasteiger partial charge in [-0.1, -0.05) is 49.7 Å². The molecule has 3 heteroatoms. The van der Waals surface area contributed by atoms with Crippen molar-refractivity contribution in [2.75, 3.05) is 11.9 Å². The smallest absolute Gasteiger partial charge is 0.184 e. The van der Waals surface area contributed by atoms with Gasteiger partial charge in [-0.15, -0.1) is 0 Å². The first-order chi connectivity index (χ1) is 11.2. The van der Waals surface area contributed by atoms with E-state index < -0.39 is 0 Å². The van der Waals surface area contributed by atoms with Gasteiger partial charge < -0.3 is 4.90 Å². The van der Waals surface area contributed by atoms with Crippen LogP contribution in [0, 0.1) is 0 Å². The van der Waals surface area contributed by atoms with Gasteiger partial charge in [-0.2, -0.15) is 0 Å². The Morgan fingerprint density at radius 2 is 1.74 bits per heavy atom. The van der Waals surface area contributed by atoms with E-state index in [-0.39, 0.29) is 0 Å². The minimum atomic E-state index is 0.823. The number of hydrogen-bond acceptors (Lipinski definition) is 1. The van der Waals surface area contributed by atoms with E-state index in [0.29, 0.717) is 0 Å². The molecule has 0 spiro atoms. The number of thiocarbonyl (C=S) groups is 1. The zero-order chi connectivity index (χ0) is 16.2. The van der Waals surface area contributed by atoms with E-state index >= 15 is 0 Å². The van der Waals surface area contributed by atoms with Crippen LogP contribution in [0.15, 0.2) is 60.7 Å². The van der Waals surface area contributed by atoms with Gasteiger partial charge in [0, 0.05) is 23.8 Å². The van der Waals surface area contributed by atoms with Crippen LogP contribution in [-0.4, -0.2) is 16.7 Å². The lowest BCUT2D eigenvalue weighted by Crippen LogP contribution is -2.31. The highest BCUT2D eigenvalue weighted by Crippen LogP contribution is 2.23. The molecule has 0 fully saturated rings. The van der Waals surface area contributed by atoms with Crippen LogP contribution >= 0.6 is 12.2 Å². The second-order valence-corrected chi connectivity index (χ2v) is 6.18. The third-order valence-corrected chi connectivity index (χ3v) is 4.65. The summed E-state index contributed by atoms with van der Waals surface area (Å²) in [7, 11) is 2.04. The third kappa shape index (κ3) is 3.15. The van der Waals surface area contributed by atoms with E-state index in [1.165, 1.54) is 29.4 Å². The molecule has 0 saturated heterocycles. The number of unbranched alkanes of at least 4 members (excludes halogenated alkanes) is 1. The van der Waals surface area contributed by atoms with Crippen LogP contribution in [0.25, 0.3) is 10.9 Å². The molecule has 0 bridgehead atoms. The molecule has 118 valence electrons. The first-order valence-corrected chi connectivity index (χ1v) is 8.55. The Bertz CT molecular complexity index is 805. The summed E-state index contributed by atoms with van der Waals surface area (Å²) in [6.07, 6.45) is 3.41. The molecule has 3 rings (SSSR count). The Morgan fingerprint density at radius 3 is 2.48 bits per heavy atom. The van der Waals surface area contributed by atoms with Crippen molar-refractivity contribution >= 4 is 33.9 Å². The van der Waals surface area contributed by atoms with Gasteiger partial charge in [-0.3, -0.25) is 4.57 Å². The number of para-hydroxylation sites is 2. The maximum Gasteiger partial charge on any atom is 0.184 e.